The Bertz CT molecular complexity index is 606. The van der Waals surface area contributed by atoms with Crippen molar-refractivity contribution in [1.82, 2.24) is 15.0 Å². The molecule has 1 N–H and O–H groups in total. The molecule has 3 heterocycles. The summed E-state index contributed by atoms with van der Waals surface area (Å²) in [6.45, 7) is 3.28. The van der Waals surface area contributed by atoms with Gasteiger partial charge in [-0.2, -0.15) is 4.98 Å². The molecular formula is C15H22N4O4. The number of aromatic nitrogens is 2. The number of hydrogen-bond acceptors (Lipinski definition) is 6. The fraction of sp³-hybridized carbons (Fsp3) is 0.733. The Labute approximate surface area is 134 Å². The van der Waals surface area contributed by atoms with Gasteiger partial charge in [0.25, 0.3) is 5.95 Å². The minimum atomic E-state index is -0.888. The van der Waals surface area contributed by atoms with E-state index in [0.717, 1.165) is 12.8 Å². The van der Waals surface area contributed by atoms with Gasteiger partial charge in [0.05, 0.1) is 11.5 Å². The number of nitrogens with zero attached hydrogens (tertiary/aromatic N) is 4. The van der Waals surface area contributed by atoms with Crippen molar-refractivity contribution in [3.63, 3.8) is 0 Å². The standard InChI is InChI=1S/C15H22N4O4/c1-3-4-11-16-14(17-23-11)19-7-5-15(6-8-19)10(13(21)22)9-12(20)18(15)2/h10H,3-9H2,1-2H3,(H,21,22). The molecule has 126 valence electrons. The number of carboxylic acids is 1. The first-order valence-electron chi connectivity index (χ1n) is 8.05. The zero-order chi connectivity index (χ0) is 16.6. The molecule has 3 rings (SSSR count). The summed E-state index contributed by atoms with van der Waals surface area (Å²) < 4.78 is 5.21. The Morgan fingerprint density at radius 2 is 2.13 bits per heavy atom. The van der Waals surface area contributed by atoms with Crippen molar-refractivity contribution in [2.45, 2.75) is 44.6 Å². The minimum Gasteiger partial charge on any atom is -0.481 e. The van der Waals surface area contributed by atoms with E-state index >= 15 is 0 Å². The van der Waals surface area contributed by atoms with Crippen LogP contribution >= 0.6 is 0 Å². The Hall–Kier alpha value is -2.12. The van der Waals surface area contributed by atoms with Gasteiger partial charge in [0, 0.05) is 33.0 Å². The molecule has 0 bridgehead atoms. The molecule has 1 aromatic rings. The number of carbonyl (C=O) groups is 2. The molecule has 0 aromatic carbocycles. The molecule has 1 spiro atoms. The summed E-state index contributed by atoms with van der Waals surface area (Å²) in [5.41, 5.74) is -0.588. The summed E-state index contributed by atoms with van der Waals surface area (Å²) in [6, 6.07) is 0. The van der Waals surface area contributed by atoms with Crippen molar-refractivity contribution in [1.29, 1.82) is 0 Å². The van der Waals surface area contributed by atoms with Gasteiger partial charge >= 0.3 is 5.97 Å². The van der Waals surface area contributed by atoms with Crippen LogP contribution in [0.5, 0.6) is 0 Å². The van der Waals surface area contributed by atoms with Crippen LogP contribution in [-0.4, -0.2) is 57.7 Å². The van der Waals surface area contributed by atoms with Crippen molar-refractivity contribution < 1.29 is 19.2 Å². The maximum atomic E-state index is 12.0. The molecule has 1 aromatic heterocycles. The van der Waals surface area contributed by atoms with Crippen LogP contribution in [-0.2, 0) is 16.0 Å². The van der Waals surface area contributed by atoms with Crippen LogP contribution < -0.4 is 4.90 Å². The quantitative estimate of drug-likeness (QED) is 0.880. The Morgan fingerprint density at radius 3 is 2.74 bits per heavy atom. The SMILES string of the molecule is CCCc1nc(N2CCC3(CC2)C(C(=O)O)CC(=O)N3C)no1. The maximum Gasteiger partial charge on any atom is 0.309 e. The van der Waals surface area contributed by atoms with Gasteiger partial charge in [-0.05, 0) is 24.4 Å². The van der Waals surface area contributed by atoms with Crippen molar-refractivity contribution in [3.8, 4) is 0 Å². The Kier molecular flexibility index (Phi) is 3.99. The second-order valence-electron chi connectivity index (χ2n) is 6.38. The molecule has 1 unspecified atom stereocenters. The third-order valence-electron chi connectivity index (χ3n) is 5.20. The zero-order valence-electron chi connectivity index (χ0n) is 13.5. The van der Waals surface area contributed by atoms with Gasteiger partial charge in [-0.3, -0.25) is 9.59 Å². The van der Waals surface area contributed by atoms with Crippen molar-refractivity contribution in [2.24, 2.45) is 5.92 Å². The molecule has 2 aliphatic heterocycles. The highest BCUT2D eigenvalue weighted by Crippen LogP contribution is 2.43. The van der Waals surface area contributed by atoms with Crippen LogP contribution in [0.3, 0.4) is 0 Å². The molecule has 2 aliphatic rings. The number of piperidine rings is 1. The highest BCUT2D eigenvalue weighted by atomic mass is 16.5. The molecule has 0 aliphatic carbocycles. The van der Waals surface area contributed by atoms with Crippen LogP contribution in [0.15, 0.2) is 4.52 Å². The van der Waals surface area contributed by atoms with Gasteiger partial charge in [-0.25, -0.2) is 0 Å². The monoisotopic (exact) mass is 322 g/mol. The molecule has 0 radical (unpaired) electrons. The minimum absolute atomic E-state index is 0.0874. The van der Waals surface area contributed by atoms with E-state index < -0.39 is 17.4 Å². The van der Waals surface area contributed by atoms with E-state index in [1.165, 1.54) is 0 Å². The largest absolute Gasteiger partial charge is 0.481 e. The highest BCUT2D eigenvalue weighted by Gasteiger charge is 2.55. The number of amides is 1. The van der Waals surface area contributed by atoms with Gasteiger partial charge in [-0.1, -0.05) is 6.92 Å². The van der Waals surface area contributed by atoms with Crippen molar-refractivity contribution in [3.05, 3.63) is 5.89 Å². The summed E-state index contributed by atoms with van der Waals surface area (Å²) in [5.74, 6) is -0.429. The third-order valence-corrected chi connectivity index (χ3v) is 5.20. The second kappa shape index (κ2) is 5.82. The van der Waals surface area contributed by atoms with Crippen LogP contribution in [0.1, 0.15) is 38.5 Å². The lowest BCUT2D eigenvalue weighted by atomic mass is 9.77. The number of hydrogen-bond donors (Lipinski definition) is 1. The van der Waals surface area contributed by atoms with Crippen molar-refractivity contribution >= 4 is 17.8 Å². The summed E-state index contributed by atoms with van der Waals surface area (Å²) in [5, 5.41) is 13.5. The van der Waals surface area contributed by atoms with E-state index in [4.69, 9.17) is 4.52 Å². The topological polar surface area (TPSA) is 99.8 Å². The fourth-order valence-electron chi connectivity index (χ4n) is 3.77. The predicted molar refractivity (Wildman–Crippen MR) is 81.0 cm³/mol. The van der Waals surface area contributed by atoms with Gasteiger partial charge in [0.2, 0.25) is 11.8 Å². The molecule has 2 saturated heterocycles. The number of carbonyl (C=O) groups excluding carboxylic acids is 1. The van der Waals surface area contributed by atoms with Crippen LogP contribution in [0.2, 0.25) is 0 Å². The fourth-order valence-corrected chi connectivity index (χ4v) is 3.77. The lowest BCUT2D eigenvalue weighted by molar-refractivity contribution is -0.145. The predicted octanol–water partition coefficient (Wildman–Crippen LogP) is 0.924. The van der Waals surface area contributed by atoms with E-state index in [2.05, 4.69) is 10.1 Å². The molecular weight excluding hydrogens is 300 g/mol. The Morgan fingerprint density at radius 1 is 1.43 bits per heavy atom. The summed E-state index contributed by atoms with van der Waals surface area (Å²) in [6.07, 6.45) is 2.99. The average molecular weight is 322 g/mol. The maximum absolute atomic E-state index is 12.0. The van der Waals surface area contributed by atoms with Crippen molar-refractivity contribution in [2.75, 3.05) is 25.0 Å². The molecule has 23 heavy (non-hydrogen) atoms. The van der Waals surface area contributed by atoms with Crippen LogP contribution in [0, 0.1) is 5.92 Å². The van der Waals surface area contributed by atoms with Gasteiger partial charge in [0.1, 0.15) is 0 Å². The molecule has 0 saturated carbocycles. The normalized spacial score (nSPS) is 23.7. The zero-order valence-corrected chi connectivity index (χ0v) is 13.5. The van der Waals surface area contributed by atoms with E-state index in [9.17, 15) is 14.7 Å². The second-order valence-corrected chi connectivity index (χ2v) is 6.38. The van der Waals surface area contributed by atoms with Crippen LogP contribution in [0.25, 0.3) is 0 Å². The van der Waals surface area contributed by atoms with E-state index in [1.807, 2.05) is 11.8 Å². The van der Waals surface area contributed by atoms with Crippen LogP contribution in [0.4, 0.5) is 5.95 Å². The van der Waals surface area contributed by atoms with Gasteiger partial charge in [0.15, 0.2) is 0 Å². The van der Waals surface area contributed by atoms with E-state index in [0.29, 0.717) is 37.8 Å². The average Bonchev–Trinajstić information content (AvgIpc) is 3.08. The number of aliphatic carboxylic acids is 1. The third kappa shape index (κ3) is 2.55. The van der Waals surface area contributed by atoms with Gasteiger partial charge in [-0.15, -0.1) is 0 Å². The molecule has 8 heteroatoms. The first-order valence-corrected chi connectivity index (χ1v) is 8.05. The number of carboxylic acid groups (broad SMARTS) is 1. The molecule has 1 amide bonds. The molecule has 8 nitrogen and oxygen atoms in total. The summed E-state index contributed by atoms with van der Waals surface area (Å²) in [7, 11) is 1.72. The first kappa shape index (κ1) is 15.8. The lowest BCUT2D eigenvalue weighted by Gasteiger charge is -2.45. The first-order chi connectivity index (χ1) is 11.0. The highest BCUT2D eigenvalue weighted by molar-refractivity contribution is 5.88. The smallest absolute Gasteiger partial charge is 0.309 e. The summed E-state index contributed by atoms with van der Waals surface area (Å²) in [4.78, 5) is 31.6. The van der Waals surface area contributed by atoms with E-state index in [-0.39, 0.29) is 12.3 Å². The Balaban J connectivity index is 1.73. The van der Waals surface area contributed by atoms with Gasteiger partial charge < -0.3 is 19.4 Å². The number of anilines is 1. The molecule has 2 fully saturated rings. The summed E-state index contributed by atoms with van der Waals surface area (Å²) >= 11 is 0. The number of aryl methyl sites for hydroxylation is 1. The lowest BCUT2D eigenvalue weighted by Crippen LogP contribution is -2.56. The number of likely N-dealkylation sites (tertiary alicyclic amines) is 1. The number of rotatable bonds is 4. The molecule has 1 atom stereocenters. The van der Waals surface area contributed by atoms with E-state index in [1.54, 1.807) is 11.9 Å².